The number of hydrogen-bond acceptors (Lipinski definition) is 3. The summed E-state index contributed by atoms with van der Waals surface area (Å²) in [6.07, 6.45) is 2.58. The fourth-order valence-electron chi connectivity index (χ4n) is 2.07. The Morgan fingerprint density at radius 2 is 1.82 bits per heavy atom. The molecule has 0 amide bonds. The molecule has 3 nitrogen and oxygen atoms in total. The summed E-state index contributed by atoms with van der Waals surface area (Å²) in [7, 11) is 1.75. The minimum absolute atomic E-state index is 0.451. The van der Waals surface area contributed by atoms with Crippen LogP contribution < -0.4 is 5.32 Å². The van der Waals surface area contributed by atoms with Gasteiger partial charge in [-0.3, -0.25) is 0 Å². The number of nitrogens with one attached hydrogen (secondary N) is 1. The molecule has 0 saturated carbocycles. The van der Waals surface area contributed by atoms with Gasteiger partial charge in [-0.25, -0.2) is 0 Å². The number of likely N-dealkylation sites (N-methyl/N-ethyl adjacent to an activating group) is 1. The van der Waals surface area contributed by atoms with E-state index >= 15 is 0 Å². The van der Waals surface area contributed by atoms with E-state index in [4.69, 9.17) is 4.74 Å². The lowest BCUT2D eigenvalue weighted by Gasteiger charge is -2.26. The Morgan fingerprint density at radius 3 is 2.29 bits per heavy atom. The molecule has 1 unspecified atom stereocenters. The van der Waals surface area contributed by atoms with Gasteiger partial charge in [-0.2, -0.15) is 0 Å². The molecule has 0 spiro atoms. The smallest absolute Gasteiger partial charge is 0.0613 e. The molecule has 1 atom stereocenters. The van der Waals surface area contributed by atoms with Crippen molar-refractivity contribution in [1.82, 2.24) is 10.2 Å². The Labute approximate surface area is 108 Å². The lowest BCUT2D eigenvalue weighted by Crippen LogP contribution is -2.39. The average molecular weight is 244 g/mol. The molecular weight excluding hydrogens is 212 g/mol. The fraction of sp³-hybridized carbons (Fsp3) is 1.00. The van der Waals surface area contributed by atoms with Crippen LogP contribution in [0.2, 0.25) is 0 Å². The predicted molar refractivity (Wildman–Crippen MR) is 75.5 cm³/mol. The van der Waals surface area contributed by atoms with E-state index in [1.54, 1.807) is 7.11 Å². The van der Waals surface area contributed by atoms with Crippen LogP contribution in [0.4, 0.5) is 0 Å². The van der Waals surface area contributed by atoms with Crippen LogP contribution in [0.3, 0.4) is 0 Å². The van der Waals surface area contributed by atoms with Crippen molar-refractivity contribution in [3.8, 4) is 0 Å². The minimum Gasteiger partial charge on any atom is -0.383 e. The minimum atomic E-state index is 0.451. The number of hydrogen-bond donors (Lipinski definition) is 1. The summed E-state index contributed by atoms with van der Waals surface area (Å²) in [6, 6.07) is 0.451. The Kier molecular flexibility index (Phi) is 10.9. The highest BCUT2D eigenvalue weighted by Crippen LogP contribution is 2.09. The molecule has 0 heterocycles. The summed E-state index contributed by atoms with van der Waals surface area (Å²) in [4.78, 5) is 2.55. The summed E-state index contributed by atoms with van der Waals surface area (Å²) in [5.74, 6) is 0.853. The zero-order chi connectivity index (χ0) is 13.1. The predicted octanol–water partition coefficient (Wildman–Crippen LogP) is 2.37. The number of rotatable bonds is 11. The highest BCUT2D eigenvalue weighted by Gasteiger charge is 2.09. The highest BCUT2D eigenvalue weighted by atomic mass is 16.5. The summed E-state index contributed by atoms with van der Waals surface area (Å²) in [6.45, 7) is 14.4. The lowest BCUT2D eigenvalue weighted by molar-refractivity contribution is 0.167. The molecule has 0 aromatic heterocycles. The van der Waals surface area contributed by atoms with Gasteiger partial charge in [0.25, 0.3) is 0 Å². The van der Waals surface area contributed by atoms with Crippen molar-refractivity contribution < 1.29 is 4.74 Å². The van der Waals surface area contributed by atoms with E-state index in [-0.39, 0.29) is 0 Å². The molecule has 104 valence electrons. The van der Waals surface area contributed by atoms with Crippen molar-refractivity contribution in [2.24, 2.45) is 5.92 Å². The van der Waals surface area contributed by atoms with Crippen LogP contribution in [-0.2, 0) is 4.74 Å². The molecule has 17 heavy (non-hydrogen) atoms. The SMILES string of the molecule is CCC(CC)CN(CC)CCNC(C)COC. The van der Waals surface area contributed by atoms with Crippen LogP contribution in [0.15, 0.2) is 0 Å². The first-order chi connectivity index (χ1) is 8.17. The van der Waals surface area contributed by atoms with Gasteiger partial charge in [-0.05, 0) is 19.4 Å². The second-order valence-electron chi connectivity index (χ2n) is 4.89. The number of nitrogens with zero attached hydrogens (tertiary/aromatic N) is 1. The van der Waals surface area contributed by atoms with Crippen molar-refractivity contribution >= 4 is 0 Å². The molecule has 0 radical (unpaired) electrons. The quantitative estimate of drug-likeness (QED) is 0.604. The maximum atomic E-state index is 5.11. The zero-order valence-corrected chi connectivity index (χ0v) is 12.5. The molecule has 0 aliphatic carbocycles. The van der Waals surface area contributed by atoms with Crippen molar-refractivity contribution in [2.75, 3.05) is 39.9 Å². The third-order valence-electron chi connectivity index (χ3n) is 3.46. The maximum Gasteiger partial charge on any atom is 0.0613 e. The lowest BCUT2D eigenvalue weighted by atomic mass is 10.0. The first-order valence-corrected chi connectivity index (χ1v) is 7.12. The second kappa shape index (κ2) is 11.0. The van der Waals surface area contributed by atoms with Crippen LogP contribution in [-0.4, -0.2) is 50.8 Å². The molecule has 0 bridgehead atoms. The standard InChI is InChI=1S/C14H32N2O/c1-6-14(7-2)11-16(8-3)10-9-15-13(4)12-17-5/h13-15H,6-12H2,1-5H3. The molecular formula is C14H32N2O. The Morgan fingerprint density at radius 1 is 1.18 bits per heavy atom. The van der Waals surface area contributed by atoms with Crippen molar-refractivity contribution in [3.63, 3.8) is 0 Å². The molecule has 0 aliphatic heterocycles. The molecule has 0 aliphatic rings. The van der Waals surface area contributed by atoms with Gasteiger partial charge in [0.15, 0.2) is 0 Å². The molecule has 0 fully saturated rings. The van der Waals surface area contributed by atoms with Gasteiger partial charge < -0.3 is 15.0 Å². The summed E-state index contributed by atoms with van der Waals surface area (Å²) in [5, 5.41) is 3.49. The van der Waals surface area contributed by atoms with Crippen LogP contribution in [0.1, 0.15) is 40.5 Å². The van der Waals surface area contributed by atoms with Crippen molar-refractivity contribution in [2.45, 2.75) is 46.6 Å². The van der Waals surface area contributed by atoms with E-state index in [1.807, 2.05) is 0 Å². The van der Waals surface area contributed by atoms with E-state index in [9.17, 15) is 0 Å². The zero-order valence-electron chi connectivity index (χ0n) is 12.5. The second-order valence-corrected chi connectivity index (χ2v) is 4.89. The molecule has 0 rings (SSSR count). The Hall–Kier alpha value is -0.120. The molecule has 0 aromatic rings. The van der Waals surface area contributed by atoms with Crippen LogP contribution >= 0.6 is 0 Å². The van der Waals surface area contributed by atoms with E-state index in [0.717, 1.165) is 32.2 Å². The van der Waals surface area contributed by atoms with Gasteiger partial charge in [0.2, 0.25) is 0 Å². The average Bonchev–Trinajstić information content (AvgIpc) is 2.34. The summed E-state index contributed by atoms with van der Waals surface area (Å²) in [5.41, 5.74) is 0. The molecule has 3 heteroatoms. The summed E-state index contributed by atoms with van der Waals surface area (Å²) < 4.78 is 5.11. The van der Waals surface area contributed by atoms with Gasteiger partial charge in [0.05, 0.1) is 6.61 Å². The number of methoxy groups -OCH3 is 1. The summed E-state index contributed by atoms with van der Waals surface area (Å²) >= 11 is 0. The monoisotopic (exact) mass is 244 g/mol. The van der Waals surface area contributed by atoms with E-state index in [1.165, 1.54) is 19.4 Å². The largest absolute Gasteiger partial charge is 0.383 e. The molecule has 1 N–H and O–H groups in total. The van der Waals surface area contributed by atoms with Gasteiger partial charge >= 0.3 is 0 Å². The first-order valence-electron chi connectivity index (χ1n) is 7.12. The molecule has 0 saturated heterocycles. The van der Waals surface area contributed by atoms with Crippen molar-refractivity contribution in [3.05, 3.63) is 0 Å². The van der Waals surface area contributed by atoms with Crippen molar-refractivity contribution in [1.29, 1.82) is 0 Å². The first kappa shape index (κ1) is 16.9. The van der Waals surface area contributed by atoms with Gasteiger partial charge in [-0.15, -0.1) is 0 Å². The Bertz CT molecular complexity index is 160. The third kappa shape index (κ3) is 8.58. The highest BCUT2D eigenvalue weighted by molar-refractivity contribution is 4.66. The van der Waals surface area contributed by atoms with Crippen LogP contribution in [0.5, 0.6) is 0 Å². The van der Waals surface area contributed by atoms with E-state index < -0.39 is 0 Å². The topological polar surface area (TPSA) is 24.5 Å². The maximum absolute atomic E-state index is 5.11. The van der Waals surface area contributed by atoms with Crippen LogP contribution in [0.25, 0.3) is 0 Å². The van der Waals surface area contributed by atoms with Crippen LogP contribution in [0, 0.1) is 5.92 Å². The molecule has 0 aromatic carbocycles. The van der Waals surface area contributed by atoms with E-state index in [0.29, 0.717) is 6.04 Å². The Balaban J connectivity index is 3.74. The normalized spacial score (nSPS) is 13.6. The van der Waals surface area contributed by atoms with Gasteiger partial charge in [0, 0.05) is 32.8 Å². The van der Waals surface area contributed by atoms with Gasteiger partial charge in [-0.1, -0.05) is 33.6 Å². The fourth-order valence-corrected chi connectivity index (χ4v) is 2.07. The third-order valence-corrected chi connectivity index (χ3v) is 3.46. The van der Waals surface area contributed by atoms with E-state index in [2.05, 4.69) is 37.9 Å². The van der Waals surface area contributed by atoms with Gasteiger partial charge in [0.1, 0.15) is 0 Å². The number of ether oxygens (including phenoxy) is 1.